The summed E-state index contributed by atoms with van der Waals surface area (Å²) < 4.78 is 0. The maximum atomic E-state index is 10.2. The van der Waals surface area contributed by atoms with Gasteiger partial charge in [-0.15, -0.1) is 0 Å². The highest BCUT2D eigenvalue weighted by atomic mass is 16.3. The summed E-state index contributed by atoms with van der Waals surface area (Å²) in [5.41, 5.74) is 1.34. The molecule has 0 aromatic heterocycles. The molecule has 0 aliphatic carbocycles. The molecule has 1 heteroatoms. The first-order valence-corrected chi connectivity index (χ1v) is 9.48. The maximum Gasteiger partial charge on any atom is 0.0602 e. The molecule has 0 bridgehead atoms. The van der Waals surface area contributed by atoms with Gasteiger partial charge in [-0.05, 0) is 19.8 Å². The number of unbranched alkanes of at least 4 members (excludes halogenated alkanes) is 9. The summed E-state index contributed by atoms with van der Waals surface area (Å²) in [4.78, 5) is 0. The molecular weight excluding hydrogens is 256 g/mol. The molecule has 0 aromatic carbocycles. The first-order chi connectivity index (χ1) is 10.1. The van der Waals surface area contributed by atoms with E-state index in [1.165, 1.54) is 69.8 Å². The lowest BCUT2D eigenvalue weighted by Gasteiger charge is -2.19. The Labute approximate surface area is 134 Å². The fourth-order valence-electron chi connectivity index (χ4n) is 2.90. The van der Waals surface area contributed by atoms with Crippen LogP contribution in [0.25, 0.3) is 0 Å². The van der Waals surface area contributed by atoms with Crippen molar-refractivity contribution in [2.45, 2.75) is 111 Å². The molecule has 0 aliphatic rings. The monoisotopic (exact) mass is 296 g/mol. The fraction of sp³-hybridized carbons (Fsp3) is 0.900. The van der Waals surface area contributed by atoms with E-state index in [1.807, 2.05) is 0 Å². The summed E-state index contributed by atoms with van der Waals surface area (Å²) in [6.45, 7) is 8.73. The summed E-state index contributed by atoms with van der Waals surface area (Å²) in [6, 6.07) is 0. The van der Waals surface area contributed by atoms with Crippen LogP contribution in [-0.4, -0.2) is 11.2 Å². The predicted molar refractivity (Wildman–Crippen MR) is 95.7 cm³/mol. The number of aliphatic hydroxyl groups excluding tert-OH is 1. The Balaban J connectivity index is 3.44. The quantitative estimate of drug-likeness (QED) is 0.281. The van der Waals surface area contributed by atoms with Gasteiger partial charge in [-0.25, -0.2) is 0 Å². The van der Waals surface area contributed by atoms with Crippen LogP contribution in [0.4, 0.5) is 0 Å². The van der Waals surface area contributed by atoms with Crippen LogP contribution in [0.15, 0.2) is 11.6 Å². The van der Waals surface area contributed by atoms with Crippen molar-refractivity contribution in [1.29, 1.82) is 0 Å². The van der Waals surface area contributed by atoms with Crippen LogP contribution in [0.1, 0.15) is 105 Å². The molecule has 0 amide bonds. The summed E-state index contributed by atoms with van der Waals surface area (Å²) in [6.07, 6.45) is 17.7. The van der Waals surface area contributed by atoms with Crippen molar-refractivity contribution in [3.05, 3.63) is 11.6 Å². The summed E-state index contributed by atoms with van der Waals surface area (Å²) in [5.74, 6) is 0.323. The van der Waals surface area contributed by atoms with Gasteiger partial charge in [0.25, 0.3) is 0 Å². The molecule has 0 saturated carbocycles. The van der Waals surface area contributed by atoms with Crippen molar-refractivity contribution in [3.63, 3.8) is 0 Å². The molecule has 1 N–H and O–H groups in total. The number of aliphatic hydroxyl groups is 1. The molecule has 0 heterocycles. The van der Waals surface area contributed by atoms with E-state index < -0.39 is 0 Å². The van der Waals surface area contributed by atoms with Crippen LogP contribution in [0.3, 0.4) is 0 Å². The molecular formula is C20H40O. The minimum absolute atomic E-state index is 0.151. The molecule has 1 nitrogen and oxygen atoms in total. The standard InChI is InChI=1S/C20H40O/c1-5-7-8-9-10-11-12-13-14-15-17-20(21)19(4)18(3)16-6-2/h16,19-21H,5-15,17H2,1-4H3. The van der Waals surface area contributed by atoms with E-state index in [-0.39, 0.29) is 6.10 Å². The van der Waals surface area contributed by atoms with E-state index in [0.29, 0.717) is 5.92 Å². The average Bonchev–Trinajstić information content (AvgIpc) is 2.48. The highest BCUT2D eigenvalue weighted by molar-refractivity contribution is 5.03. The SMILES string of the molecule is CCC=C(C)C(C)C(O)CCCCCCCCCCCC. The van der Waals surface area contributed by atoms with Crippen LogP contribution >= 0.6 is 0 Å². The van der Waals surface area contributed by atoms with E-state index in [9.17, 15) is 5.11 Å². The van der Waals surface area contributed by atoms with Crippen molar-refractivity contribution in [2.24, 2.45) is 5.92 Å². The minimum Gasteiger partial charge on any atom is -0.393 e. The second kappa shape index (κ2) is 14.6. The minimum atomic E-state index is -0.151. The first-order valence-electron chi connectivity index (χ1n) is 9.48. The molecule has 0 saturated heterocycles. The Kier molecular flexibility index (Phi) is 14.4. The molecule has 2 atom stereocenters. The van der Waals surface area contributed by atoms with Gasteiger partial charge in [-0.3, -0.25) is 0 Å². The van der Waals surface area contributed by atoms with Crippen molar-refractivity contribution in [1.82, 2.24) is 0 Å². The van der Waals surface area contributed by atoms with E-state index >= 15 is 0 Å². The van der Waals surface area contributed by atoms with Gasteiger partial charge in [-0.1, -0.05) is 96.6 Å². The van der Waals surface area contributed by atoms with Crippen LogP contribution in [0.5, 0.6) is 0 Å². The smallest absolute Gasteiger partial charge is 0.0602 e. The van der Waals surface area contributed by atoms with Gasteiger partial charge in [0.2, 0.25) is 0 Å². The van der Waals surface area contributed by atoms with Gasteiger partial charge in [0.15, 0.2) is 0 Å². The zero-order chi connectivity index (χ0) is 15.9. The lowest BCUT2D eigenvalue weighted by atomic mass is 9.92. The third kappa shape index (κ3) is 12.0. The molecule has 2 unspecified atom stereocenters. The van der Waals surface area contributed by atoms with E-state index in [4.69, 9.17) is 0 Å². The van der Waals surface area contributed by atoms with Crippen molar-refractivity contribution in [3.8, 4) is 0 Å². The highest BCUT2D eigenvalue weighted by Crippen LogP contribution is 2.20. The van der Waals surface area contributed by atoms with Gasteiger partial charge in [0.05, 0.1) is 6.10 Å². The van der Waals surface area contributed by atoms with Crippen molar-refractivity contribution >= 4 is 0 Å². The highest BCUT2D eigenvalue weighted by Gasteiger charge is 2.14. The molecule has 0 spiro atoms. The molecule has 0 rings (SSSR count). The van der Waals surface area contributed by atoms with Gasteiger partial charge in [0.1, 0.15) is 0 Å². The van der Waals surface area contributed by atoms with E-state index in [2.05, 4.69) is 33.8 Å². The third-order valence-electron chi connectivity index (χ3n) is 4.67. The maximum absolute atomic E-state index is 10.2. The fourth-order valence-corrected chi connectivity index (χ4v) is 2.90. The topological polar surface area (TPSA) is 20.2 Å². The predicted octanol–water partition coefficient (Wildman–Crippen LogP) is 6.65. The Morgan fingerprint density at radius 1 is 0.857 bits per heavy atom. The Morgan fingerprint density at radius 3 is 1.81 bits per heavy atom. The average molecular weight is 297 g/mol. The van der Waals surface area contributed by atoms with Crippen molar-refractivity contribution in [2.75, 3.05) is 0 Å². The second-order valence-electron chi connectivity index (χ2n) is 6.68. The molecule has 21 heavy (non-hydrogen) atoms. The van der Waals surface area contributed by atoms with E-state index in [0.717, 1.165) is 12.8 Å². The van der Waals surface area contributed by atoms with E-state index in [1.54, 1.807) is 0 Å². The van der Waals surface area contributed by atoms with Crippen LogP contribution in [0, 0.1) is 5.92 Å². The Bertz CT molecular complexity index is 244. The van der Waals surface area contributed by atoms with Gasteiger partial charge in [0, 0.05) is 5.92 Å². The van der Waals surface area contributed by atoms with Gasteiger partial charge >= 0.3 is 0 Å². The normalized spacial score (nSPS) is 15.2. The number of hydrogen-bond donors (Lipinski definition) is 1. The zero-order valence-corrected chi connectivity index (χ0v) is 15.2. The Hall–Kier alpha value is -0.300. The molecule has 0 aliphatic heterocycles. The number of hydrogen-bond acceptors (Lipinski definition) is 1. The third-order valence-corrected chi connectivity index (χ3v) is 4.67. The molecule has 0 radical (unpaired) electrons. The summed E-state index contributed by atoms with van der Waals surface area (Å²) in [5, 5.41) is 10.2. The summed E-state index contributed by atoms with van der Waals surface area (Å²) >= 11 is 0. The van der Waals surface area contributed by atoms with Crippen LogP contribution in [-0.2, 0) is 0 Å². The second-order valence-corrected chi connectivity index (χ2v) is 6.68. The molecule has 0 aromatic rings. The Morgan fingerprint density at radius 2 is 1.33 bits per heavy atom. The zero-order valence-electron chi connectivity index (χ0n) is 15.2. The first kappa shape index (κ1) is 20.7. The lowest BCUT2D eigenvalue weighted by molar-refractivity contribution is 0.120. The molecule has 0 fully saturated rings. The molecule has 126 valence electrons. The van der Waals surface area contributed by atoms with Crippen molar-refractivity contribution < 1.29 is 5.11 Å². The summed E-state index contributed by atoms with van der Waals surface area (Å²) in [7, 11) is 0. The van der Waals surface area contributed by atoms with Gasteiger partial charge < -0.3 is 5.11 Å². The van der Waals surface area contributed by atoms with Gasteiger partial charge in [-0.2, -0.15) is 0 Å². The number of allylic oxidation sites excluding steroid dienone is 1. The number of rotatable bonds is 14. The lowest BCUT2D eigenvalue weighted by Crippen LogP contribution is -2.18. The largest absolute Gasteiger partial charge is 0.393 e. The van der Waals surface area contributed by atoms with Crippen LogP contribution < -0.4 is 0 Å². The van der Waals surface area contributed by atoms with Crippen LogP contribution in [0.2, 0.25) is 0 Å².